The van der Waals surface area contributed by atoms with Crippen molar-refractivity contribution in [1.29, 1.82) is 0 Å². The minimum absolute atomic E-state index is 0.0362. The number of Topliss-reactive ketones (excluding diaryl/α,β-unsaturated/α-hetero) is 1. The second kappa shape index (κ2) is 15.0. The van der Waals surface area contributed by atoms with Crippen molar-refractivity contribution in [3.05, 3.63) is 65.7 Å². The lowest BCUT2D eigenvalue weighted by atomic mass is 10.1. The summed E-state index contributed by atoms with van der Waals surface area (Å²) in [5.74, 6) is -0.550. The minimum atomic E-state index is -0.365. The van der Waals surface area contributed by atoms with Crippen molar-refractivity contribution >= 4 is 23.3 Å². The second-order valence-electron chi connectivity index (χ2n) is 8.51. The van der Waals surface area contributed by atoms with E-state index in [1.165, 1.54) is 25.7 Å². The van der Waals surface area contributed by atoms with Crippen LogP contribution in [-0.4, -0.2) is 35.6 Å². The summed E-state index contributed by atoms with van der Waals surface area (Å²) in [7, 11) is 0. The Kier molecular flexibility index (Phi) is 11.9. The first-order valence-electron chi connectivity index (χ1n) is 12.3. The smallest absolute Gasteiger partial charge is 0.253 e. The van der Waals surface area contributed by atoms with E-state index in [1.807, 2.05) is 11.0 Å². The average molecular weight is 451 g/mol. The quantitative estimate of drug-likeness (QED) is 0.191. The Balaban J connectivity index is 1.88. The average Bonchev–Trinajstić information content (AvgIpc) is 2.83. The van der Waals surface area contributed by atoms with Crippen LogP contribution in [0.1, 0.15) is 92.4 Å². The molecule has 0 saturated carbocycles. The zero-order chi connectivity index (χ0) is 23.9. The van der Waals surface area contributed by atoms with Gasteiger partial charge in [-0.15, -0.1) is 0 Å². The summed E-state index contributed by atoms with van der Waals surface area (Å²) in [6.45, 7) is 5.90. The van der Waals surface area contributed by atoms with Crippen LogP contribution in [0.3, 0.4) is 0 Å². The van der Waals surface area contributed by atoms with Crippen LogP contribution in [0.5, 0.6) is 0 Å². The first kappa shape index (κ1) is 26.3. The largest absolute Gasteiger partial charge is 0.339 e. The Bertz CT molecular complexity index is 862. The van der Waals surface area contributed by atoms with Gasteiger partial charge in [-0.25, -0.2) is 0 Å². The van der Waals surface area contributed by atoms with E-state index < -0.39 is 0 Å². The summed E-state index contributed by atoms with van der Waals surface area (Å²) in [4.78, 5) is 39.4. The van der Waals surface area contributed by atoms with E-state index in [0.29, 0.717) is 16.8 Å². The van der Waals surface area contributed by atoms with E-state index in [-0.39, 0.29) is 24.0 Å². The van der Waals surface area contributed by atoms with Gasteiger partial charge in [-0.3, -0.25) is 14.4 Å². The van der Waals surface area contributed by atoms with Crippen molar-refractivity contribution < 1.29 is 14.4 Å². The Morgan fingerprint density at radius 2 is 1.30 bits per heavy atom. The predicted octanol–water partition coefficient (Wildman–Crippen LogP) is 6.50. The van der Waals surface area contributed by atoms with E-state index in [9.17, 15) is 14.4 Å². The highest BCUT2D eigenvalue weighted by molar-refractivity contribution is 6.11. The van der Waals surface area contributed by atoms with Gasteiger partial charge in [0, 0.05) is 29.9 Å². The molecule has 0 aliphatic rings. The topological polar surface area (TPSA) is 66.5 Å². The Hall–Kier alpha value is -2.95. The summed E-state index contributed by atoms with van der Waals surface area (Å²) in [5, 5.41) is 2.75. The molecule has 2 aromatic rings. The van der Waals surface area contributed by atoms with Gasteiger partial charge in [-0.1, -0.05) is 82.7 Å². The number of rotatable bonds is 15. The first-order chi connectivity index (χ1) is 16.0. The Morgan fingerprint density at radius 3 is 1.97 bits per heavy atom. The van der Waals surface area contributed by atoms with Gasteiger partial charge in [0.05, 0.1) is 6.42 Å². The van der Waals surface area contributed by atoms with Crippen LogP contribution in [0.4, 0.5) is 5.69 Å². The third kappa shape index (κ3) is 9.60. The molecule has 0 fully saturated rings. The van der Waals surface area contributed by atoms with Gasteiger partial charge < -0.3 is 10.2 Å². The molecule has 5 nitrogen and oxygen atoms in total. The van der Waals surface area contributed by atoms with Gasteiger partial charge in [0.15, 0.2) is 5.78 Å². The van der Waals surface area contributed by atoms with Gasteiger partial charge in [0.25, 0.3) is 5.91 Å². The number of anilines is 1. The molecule has 2 rings (SSSR count). The summed E-state index contributed by atoms with van der Waals surface area (Å²) >= 11 is 0. The minimum Gasteiger partial charge on any atom is -0.339 e. The molecular formula is C28H38N2O3. The number of ketones is 1. The molecule has 2 amide bonds. The van der Waals surface area contributed by atoms with Crippen LogP contribution in [0.15, 0.2) is 54.6 Å². The van der Waals surface area contributed by atoms with Crippen LogP contribution < -0.4 is 5.32 Å². The normalized spacial score (nSPS) is 10.6. The number of carbonyl (C=O) groups is 3. The molecule has 0 heterocycles. The van der Waals surface area contributed by atoms with Crippen molar-refractivity contribution in [1.82, 2.24) is 4.90 Å². The summed E-state index contributed by atoms with van der Waals surface area (Å²) in [6, 6.07) is 15.7. The van der Waals surface area contributed by atoms with Gasteiger partial charge in [-0.2, -0.15) is 0 Å². The molecule has 0 saturated heterocycles. The van der Waals surface area contributed by atoms with Crippen molar-refractivity contribution in [2.45, 2.75) is 71.6 Å². The molecule has 1 N–H and O–H groups in total. The summed E-state index contributed by atoms with van der Waals surface area (Å²) < 4.78 is 0. The summed E-state index contributed by atoms with van der Waals surface area (Å²) in [6.07, 6.45) is 9.02. The highest BCUT2D eigenvalue weighted by Crippen LogP contribution is 2.15. The highest BCUT2D eigenvalue weighted by Gasteiger charge is 2.16. The summed E-state index contributed by atoms with van der Waals surface area (Å²) in [5.41, 5.74) is 1.72. The molecule has 0 aliphatic carbocycles. The fraction of sp³-hybridized carbons (Fsp3) is 0.464. The van der Waals surface area contributed by atoms with E-state index >= 15 is 0 Å². The Labute approximate surface area is 198 Å². The molecule has 0 bridgehead atoms. The molecule has 0 spiro atoms. The van der Waals surface area contributed by atoms with E-state index in [2.05, 4.69) is 19.2 Å². The van der Waals surface area contributed by atoms with Crippen LogP contribution in [0, 0.1) is 0 Å². The lowest BCUT2D eigenvalue weighted by Crippen LogP contribution is -2.33. The predicted molar refractivity (Wildman–Crippen MR) is 135 cm³/mol. The van der Waals surface area contributed by atoms with E-state index in [0.717, 1.165) is 38.8 Å². The highest BCUT2D eigenvalue weighted by atomic mass is 16.2. The molecule has 0 aromatic heterocycles. The first-order valence-corrected chi connectivity index (χ1v) is 12.3. The van der Waals surface area contributed by atoms with Crippen LogP contribution in [-0.2, 0) is 4.79 Å². The number of carbonyl (C=O) groups excluding carboxylic acids is 3. The standard InChI is InChI=1S/C28H38N2O3/c1-3-5-7-8-9-13-21-30(20-6-4-2)28(33)24-16-18-25(19-17-24)29-27(32)22-26(31)23-14-11-10-12-15-23/h10-12,14-19H,3-9,13,20-22H2,1-2H3,(H,29,32). The van der Waals surface area contributed by atoms with Crippen molar-refractivity contribution in [3.63, 3.8) is 0 Å². The van der Waals surface area contributed by atoms with Gasteiger partial charge in [-0.05, 0) is 37.1 Å². The molecule has 0 radical (unpaired) electrons. The maximum absolute atomic E-state index is 13.0. The van der Waals surface area contributed by atoms with Gasteiger partial charge >= 0.3 is 0 Å². The zero-order valence-electron chi connectivity index (χ0n) is 20.1. The molecule has 178 valence electrons. The third-order valence-electron chi connectivity index (χ3n) is 5.68. The number of hydrogen-bond donors (Lipinski definition) is 1. The number of nitrogens with zero attached hydrogens (tertiary/aromatic N) is 1. The lowest BCUT2D eigenvalue weighted by molar-refractivity contribution is -0.115. The van der Waals surface area contributed by atoms with Crippen molar-refractivity contribution in [3.8, 4) is 0 Å². The van der Waals surface area contributed by atoms with E-state index in [1.54, 1.807) is 48.5 Å². The molecule has 5 heteroatoms. The van der Waals surface area contributed by atoms with Crippen LogP contribution >= 0.6 is 0 Å². The molecule has 0 atom stereocenters. The molecule has 33 heavy (non-hydrogen) atoms. The SMILES string of the molecule is CCCCCCCCN(CCCC)C(=O)c1ccc(NC(=O)CC(=O)c2ccccc2)cc1. The molecule has 2 aromatic carbocycles. The number of hydrogen-bond acceptors (Lipinski definition) is 3. The maximum Gasteiger partial charge on any atom is 0.253 e. The molecule has 0 unspecified atom stereocenters. The lowest BCUT2D eigenvalue weighted by Gasteiger charge is -2.23. The monoisotopic (exact) mass is 450 g/mol. The van der Waals surface area contributed by atoms with E-state index in [4.69, 9.17) is 0 Å². The van der Waals surface area contributed by atoms with Crippen LogP contribution in [0.25, 0.3) is 0 Å². The van der Waals surface area contributed by atoms with Crippen LogP contribution in [0.2, 0.25) is 0 Å². The van der Waals surface area contributed by atoms with Gasteiger partial charge in [0.1, 0.15) is 0 Å². The van der Waals surface area contributed by atoms with Gasteiger partial charge in [0.2, 0.25) is 5.91 Å². The fourth-order valence-electron chi connectivity index (χ4n) is 3.70. The fourth-order valence-corrected chi connectivity index (χ4v) is 3.70. The number of nitrogens with one attached hydrogen (secondary N) is 1. The number of amides is 2. The van der Waals surface area contributed by atoms with Crippen molar-refractivity contribution in [2.24, 2.45) is 0 Å². The zero-order valence-corrected chi connectivity index (χ0v) is 20.1. The Morgan fingerprint density at radius 1 is 0.697 bits per heavy atom. The second-order valence-corrected chi connectivity index (χ2v) is 8.51. The van der Waals surface area contributed by atoms with Crippen molar-refractivity contribution in [2.75, 3.05) is 18.4 Å². The number of benzene rings is 2. The maximum atomic E-state index is 13.0. The number of unbranched alkanes of at least 4 members (excludes halogenated alkanes) is 6. The molecule has 0 aliphatic heterocycles. The molecular weight excluding hydrogens is 412 g/mol. The third-order valence-corrected chi connectivity index (χ3v) is 5.68.